The van der Waals surface area contributed by atoms with E-state index in [1.165, 1.54) is 12.0 Å². The van der Waals surface area contributed by atoms with Gasteiger partial charge in [0, 0.05) is 36.6 Å². The first-order valence-electron chi connectivity index (χ1n) is 14.6. The number of hydrogen-bond acceptors (Lipinski definition) is 8. The number of quaternary nitrogens is 1. The number of aliphatic hydroxyl groups is 2. The van der Waals surface area contributed by atoms with Gasteiger partial charge >= 0.3 is 0 Å². The molecule has 9 nitrogen and oxygen atoms in total. The molecule has 42 heavy (non-hydrogen) atoms. The molecular weight excluding hydrogens is 536 g/mol. The predicted molar refractivity (Wildman–Crippen MR) is 157 cm³/mol. The van der Waals surface area contributed by atoms with Crippen LogP contribution in [0.4, 0.5) is 0 Å². The van der Waals surface area contributed by atoms with Gasteiger partial charge in [-0.2, -0.15) is 0 Å². The number of benzene rings is 3. The smallest absolute Gasteiger partial charge is 0.161 e. The fourth-order valence-corrected chi connectivity index (χ4v) is 6.75. The second kappa shape index (κ2) is 11.8. The molecule has 0 spiro atoms. The molecule has 6 rings (SSSR count). The predicted octanol–water partition coefficient (Wildman–Crippen LogP) is 2.69. The van der Waals surface area contributed by atoms with Gasteiger partial charge in [0.1, 0.15) is 29.6 Å². The highest BCUT2D eigenvalue weighted by molar-refractivity contribution is 5.83. The molecule has 0 bridgehead atoms. The summed E-state index contributed by atoms with van der Waals surface area (Å²) in [5.74, 6) is 2.09. The van der Waals surface area contributed by atoms with E-state index in [0.717, 1.165) is 53.9 Å². The molecule has 3 aliphatic rings. The molecule has 6 N–H and O–H groups in total. The van der Waals surface area contributed by atoms with Crippen molar-refractivity contribution >= 4 is 0 Å². The molecule has 2 heterocycles. The quantitative estimate of drug-likeness (QED) is 0.230. The second-order valence-corrected chi connectivity index (χ2v) is 11.4. The Kier molecular flexibility index (Phi) is 7.90. The number of methoxy groups -OCH3 is 2. The molecule has 2 aliphatic heterocycles. The Bertz CT molecular complexity index is 1500. The Labute approximate surface area is 245 Å². The van der Waals surface area contributed by atoms with E-state index in [2.05, 4.69) is 11.5 Å². The fourth-order valence-electron chi connectivity index (χ4n) is 6.75. The van der Waals surface area contributed by atoms with Crippen LogP contribution in [0, 0.1) is 0 Å². The van der Waals surface area contributed by atoms with E-state index in [1.54, 1.807) is 19.2 Å². The lowest BCUT2D eigenvalue weighted by Gasteiger charge is -2.37. The van der Waals surface area contributed by atoms with Crippen LogP contribution >= 0.6 is 0 Å². The number of aliphatic hydroxyl groups excluding tert-OH is 2. The minimum Gasteiger partial charge on any atom is -0.508 e. The zero-order chi connectivity index (χ0) is 29.4. The van der Waals surface area contributed by atoms with Crippen molar-refractivity contribution in [3.8, 4) is 39.9 Å². The maximum absolute atomic E-state index is 11.6. The van der Waals surface area contributed by atoms with Crippen molar-refractivity contribution < 1.29 is 39.5 Å². The lowest BCUT2D eigenvalue weighted by molar-refractivity contribution is -0.843. The van der Waals surface area contributed by atoms with Crippen LogP contribution in [0.3, 0.4) is 0 Å². The number of aromatic hydroxyl groups is 2. The van der Waals surface area contributed by atoms with Gasteiger partial charge in [0.2, 0.25) is 0 Å². The van der Waals surface area contributed by atoms with Gasteiger partial charge in [0.05, 0.1) is 33.1 Å². The summed E-state index contributed by atoms with van der Waals surface area (Å²) >= 11 is 0. The monoisotopic (exact) mass is 575 g/mol. The van der Waals surface area contributed by atoms with Gasteiger partial charge in [-0.1, -0.05) is 6.07 Å². The van der Waals surface area contributed by atoms with Crippen LogP contribution in [-0.4, -0.2) is 60.6 Å². The molecule has 3 aromatic rings. The van der Waals surface area contributed by atoms with Gasteiger partial charge in [-0.05, 0) is 77.3 Å². The van der Waals surface area contributed by atoms with E-state index in [9.17, 15) is 20.4 Å². The van der Waals surface area contributed by atoms with E-state index >= 15 is 0 Å². The van der Waals surface area contributed by atoms with Gasteiger partial charge in [-0.3, -0.25) is 4.90 Å². The number of aryl methyl sites for hydroxylation is 1. The molecule has 1 aliphatic carbocycles. The summed E-state index contributed by atoms with van der Waals surface area (Å²) in [5, 5.41) is 45.1. The van der Waals surface area contributed by atoms with E-state index in [0.29, 0.717) is 47.6 Å². The topological polar surface area (TPSA) is 125 Å². The maximum Gasteiger partial charge on any atom is 0.161 e. The SMILES string of the molecule is COc1cc([C@H]2Oc3cc(OC)c4c(c3C[C@H]2O)[C@@H](CC[NH+]2C=CNC2)Cc2cc(O)ccc2-4)cc(CCCO)c1O. The lowest BCUT2D eigenvalue weighted by atomic mass is 9.73. The zero-order valence-corrected chi connectivity index (χ0v) is 24.0. The highest BCUT2D eigenvalue weighted by Crippen LogP contribution is 2.53. The number of phenols is 2. The molecule has 222 valence electrons. The molecule has 0 aromatic heterocycles. The van der Waals surface area contributed by atoms with Crippen molar-refractivity contribution in [2.45, 2.75) is 50.2 Å². The average Bonchev–Trinajstić information content (AvgIpc) is 3.52. The van der Waals surface area contributed by atoms with Crippen molar-refractivity contribution in [3.63, 3.8) is 0 Å². The zero-order valence-electron chi connectivity index (χ0n) is 24.0. The first-order chi connectivity index (χ1) is 20.4. The molecule has 0 fully saturated rings. The Hall–Kier alpha value is -3.92. The Morgan fingerprint density at radius 2 is 1.88 bits per heavy atom. The van der Waals surface area contributed by atoms with Crippen LogP contribution in [0.5, 0.6) is 28.7 Å². The third kappa shape index (κ3) is 5.12. The summed E-state index contributed by atoms with van der Waals surface area (Å²) in [6, 6.07) is 11.0. The number of rotatable bonds is 9. The maximum atomic E-state index is 11.6. The Morgan fingerprint density at radius 1 is 1.05 bits per heavy atom. The molecule has 4 atom stereocenters. The standard InChI is InChI=1S/C33H38N2O7/c1-40-28-17-27-25(16-26(38)33(42-27)22-13-20(4-3-11-36)32(39)29(15-22)41-2)30-19(7-9-35-10-8-34-18-35)12-21-14-23(37)5-6-24(21)31(28)30/h5-6,8,10,13-15,17,19,26,33-34,36-39H,3-4,7,9,11-12,16,18H2,1-2H3/p+1/t19-,26+,33+/m0/s1. The van der Waals surface area contributed by atoms with E-state index in [-0.39, 0.29) is 24.0 Å². The minimum absolute atomic E-state index is 0.00276. The number of fused-ring (bicyclic) bond motifs is 5. The molecule has 1 unspecified atom stereocenters. The summed E-state index contributed by atoms with van der Waals surface area (Å²) in [7, 11) is 3.15. The highest BCUT2D eigenvalue weighted by atomic mass is 16.5. The molecule has 0 amide bonds. The summed E-state index contributed by atoms with van der Waals surface area (Å²) in [6.07, 6.45) is 5.63. The fraction of sp³-hybridized carbons (Fsp3) is 0.394. The third-order valence-electron chi connectivity index (χ3n) is 8.78. The summed E-state index contributed by atoms with van der Waals surface area (Å²) in [4.78, 5) is 1.35. The molecule has 9 heteroatoms. The molecule has 0 saturated heterocycles. The number of hydrogen-bond donors (Lipinski definition) is 6. The van der Waals surface area contributed by atoms with E-state index < -0.39 is 12.2 Å². The lowest BCUT2D eigenvalue weighted by Crippen LogP contribution is -3.07. The van der Waals surface area contributed by atoms with Crippen LogP contribution in [0.25, 0.3) is 11.1 Å². The van der Waals surface area contributed by atoms with Crippen LogP contribution in [-0.2, 0) is 19.3 Å². The minimum atomic E-state index is -0.840. The van der Waals surface area contributed by atoms with Gasteiger partial charge in [-0.25, -0.2) is 0 Å². The third-order valence-corrected chi connectivity index (χ3v) is 8.78. The van der Waals surface area contributed by atoms with Gasteiger partial charge in [0.15, 0.2) is 18.2 Å². The molecule has 0 saturated carbocycles. The largest absolute Gasteiger partial charge is 0.508 e. The summed E-state index contributed by atoms with van der Waals surface area (Å²) < 4.78 is 18.0. The van der Waals surface area contributed by atoms with Crippen molar-refractivity contribution in [1.29, 1.82) is 0 Å². The Balaban J connectivity index is 1.43. The number of ether oxygens (including phenoxy) is 3. The van der Waals surface area contributed by atoms with Gasteiger partial charge < -0.3 is 40.0 Å². The van der Waals surface area contributed by atoms with Crippen LogP contribution < -0.4 is 24.4 Å². The van der Waals surface area contributed by atoms with Crippen molar-refractivity contribution in [3.05, 3.63) is 76.6 Å². The van der Waals surface area contributed by atoms with Gasteiger partial charge in [-0.15, -0.1) is 0 Å². The van der Waals surface area contributed by atoms with Crippen molar-refractivity contribution in [1.82, 2.24) is 5.32 Å². The van der Waals surface area contributed by atoms with Crippen molar-refractivity contribution in [2.24, 2.45) is 0 Å². The number of phenolic OH excluding ortho intramolecular Hbond substituents is 2. The highest BCUT2D eigenvalue weighted by Gasteiger charge is 2.38. The van der Waals surface area contributed by atoms with Gasteiger partial charge in [0.25, 0.3) is 0 Å². The molecule has 0 radical (unpaired) electrons. The van der Waals surface area contributed by atoms with Crippen LogP contribution in [0.15, 0.2) is 48.8 Å². The first kappa shape index (κ1) is 28.2. The van der Waals surface area contributed by atoms with E-state index in [1.807, 2.05) is 30.5 Å². The first-order valence-corrected chi connectivity index (χ1v) is 14.6. The summed E-state index contributed by atoms with van der Waals surface area (Å²) in [6.45, 7) is 1.79. The normalized spacial score (nSPS) is 22.0. The molecular formula is C33H39N2O7+. The van der Waals surface area contributed by atoms with Crippen LogP contribution in [0.2, 0.25) is 0 Å². The van der Waals surface area contributed by atoms with Crippen molar-refractivity contribution in [2.75, 3.05) is 34.0 Å². The average molecular weight is 576 g/mol. The molecule has 3 aromatic carbocycles. The Morgan fingerprint density at radius 3 is 2.62 bits per heavy atom. The number of nitrogens with one attached hydrogen (secondary N) is 2. The summed E-state index contributed by atoms with van der Waals surface area (Å²) in [5.41, 5.74) is 6.56. The second-order valence-electron chi connectivity index (χ2n) is 11.4. The van der Waals surface area contributed by atoms with Crippen LogP contribution in [0.1, 0.15) is 52.7 Å². The van der Waals surface area contributed by atoms with E-state index in [4.69, 9.17) is 14.2 Å².